The van der Waals surface area contributed by atoms with Gasteiger partial charge in [0.05, 0.1) is 5.69 Å². The van der Waals surface area contributed by atoms with E-state index in [1.807, 2.05) is 12.1 Å². The van der Waals surface area contributed by atoms with Crippen LogP contribution in [0.15, 0.2) is 72.8 Å². The van der Waals surface area contributed by atoms with Crippen LogP contribution >= 0.6 is 0 Å². The molecule has 1 aromatic heterocycles. The average molecular weight is 394 g/mol. The van der Waals surface area contributed by atoms with Gasteiger partial charge in [0.1, 0.15) is 5.75 Å². The lowest BCUT2D eigenvalue weighted by molar-refractivity contribution is 0.475. The molecule has 0 bridgehead atoms. The Balaban J connectivity index is 1.91. The van der Waals surface area contributed by atoms with Crippen LogP contribution in [0.4, 0.5) is 0 Å². The molecule has 0 spiro atoms. The fourth-order valence-corrected chi connectivity index (χ4v) is 4.97. The van der Waals surface area contributed by atoms with Crippen molar-refractivity contribution in [2.45, 2.75) is 39.5 Å². The number of benzene rings is 3. The van der Waals surface area contributed by atoms with Crippen molar-refractivity contribution in [3.05, 3.63) is 95.2 Å². The SMILES string of the molecule is Cc1c2c(c(-c3ccccc3C(C)C)n1-c1ccc(O)cc1)-c1ccccc1CC2. The van der Waals surface area contributed by atoms with Gasteiger partial charge in [-0.05, 0) is 72.2 Å². The van der Waals surface area contributed by atoms with Gasteiger partial charge in [-0.2, -0.15) is 0 Å². The molecule has 2 nitrogen and oxygen atoms in total. The lowest BCUT2D eigenvalue weighted by atomic mass is 9.83. The van der Waals surface area contributed by atoms with Crippen LogP contribution in [0, 0.1) is 6.92 Å². The van der Waals surface area contributed by atoms with Gasteiger partial charge in [0, 0.05) is 22.5 Å². The molecular weight excluding hydrogens is 366 g/mol. The van der Waals surface area contributed by atoms with E-state index in [0.717, 1.165) is 18.5 Å². The van der Waals surface area contributed by atoms with Crippen LogP contribution in [0.1, 0.15) is 42.1 Å². The van der Waals surface area contributed by atoms with E-state index in [2.05, 4.69) is 73.9 Å². The molecule has 0 fully saturated rings. The third kappa shape index (κ3) is 2.87. The van der Waals surface area contributed by atoms with E-state index in [1.54, 1.807) is 12.1 Å². The van der Waals surface area contributed by atoms with Crippen LogP contribution in [-0.2, 0) is 12.8 Å². The second-order valence-corrected chi connectivity index (χ2v) is 8.54. The van der Waals surface area contributed by atoms with Gasteiger partial charge in [0.15, 0.2) is 0 Å². The maximum absolute atomic E-state index is 9.86. The first kappa shape index (κ1) is 18.7. The van der Waals surface area contributed by atoms with Crippen LogP contribution in [0.2, 0.25) is 0 Å². The number of nitrogens with zero attached hydrogens (tertiary/aromatic N) is 1. The summed E-state index contributed by atoms with van der Waals surface area (Å²) in [5.41, 5.74) is 11.9. The standard InChI is InChI=1S/C28H27NO/c1-18(2)23-9-6-7-11-26(23)28-27-24(17-12-20-8-4-5-10-25(20)27)19(3)29(28)21-13-15-22(30)16-14-21/h4-11,13-16,18,30H,12,17H2,1-3H3. The monoisotopic (exact) mass is 393 g/mol. The molecule has 0 saturated heterocycles. The Morgan fingerprint density at radius 1 is 0.800 bits per heavy atom. The summed E-state index contributed by atoms with van der Waals surface area (Å²) >= 11 is 0. The van der Waals surface area contributed by atoms with Crippen molar-refractivity contribution in [1.82, 2.24) is 4.57 Å². The number of hydrogen-bond acceptors (Lipinski definition) is 1. The van der Waals surface area contributed by atoms with E-state index in [-0.39, 0.29) is 0 Å². The first-order valence-corrected chi connectivity index (χ1v) is 10.8. The molecule has 0 unspecified atom stereocenters. The van der Waals surface area contributed by atoms with Crippen LogP contribution in [0.3, 0.4) is 0 Å². The zero-order chi connectivity index (χ0) is 20.8. The predicted molar refractivity (Wildman–Crippen MR) is 125 cm³/mol. The van der Waals surface area contributed by atoms with Gasteiger partial charge in [-0.25, -0.2) is 0 Å². The number of fused-ring (bicyclic) bond motifs is 3. The van der Waals surface area contributed by atoms with Crippen LogP contribution in [0.25, 0.3) is 28.1 Å². The molecule has 3 aromatic carbocycles. The highest BCUT2D eigenvalue weighted by Gasteiger charge is 2.28. The van der Waals surface area contributed by atoms with Gasteiger partial charge >= 0.3 is 0 Å². The minimum atomic E-state index is 0.294. The number of aromatic hydroxyl groups is 1. The molecule has 0 saturated carbocycles. The third-order valence-corrected chi connectivity index (χ3v) is 6.41. The molecule has 150 valence electrons. The highest BCUT2D eigenvalue weighted by atomic mass is 16.3. The molecule has 30 heavy (non-hydrogen) atoms. The molecule has 1 aliphatic rings. The van der Waals surface area contributed by atoms with Gasteiger partial charge < -0.3 is 9.67 Å². The second kappa shape index (κ2) is 7.21. The summed E-state index contributed by atoms with van der Waals surface area (Å²) in [4.78, 5) is 0. The van der Waals surface area contributed by atoms with Crippen molar-refractivity contribution in [2.24, 2.45) is 0 Å². The van der Waals surface area contributed by atoms with Gasteiger partial charge in [-0.1, -0.05) is 62.4 Å². The fourth-order valence-electron chi connectivity index (χ4n) is 4.97. The molecule has 1 aliphatic carbocycles. The summed E-state index contributed by atoms with van der Waals surface area (Å²) in [6, 6.07) is 25.2. The molecule has 4 aromatic rings. The van der Waals surface area contributed by atoms with Crippen molar-refractivity contribution in [1.29, 1.82) is 0 Å². The predicted octanol–water partition coefficient (Wildman–Crippen LogP) is 7.05. The largest absolute Gasteiger partial charge is 0.508 e. The van der Waals surface area contributed by atoms with E-state index in [1.165, 1.54) is 44.8 Å². The summed E-state index contributed by atoms with van der Waals surface area (Å²) in [6.45, 7) is 6.76. The first-order valence-electron chi connectivity index (χ1n) is 10.8. The summed E-state index contributed by atoms with van der Waals surface area (Å²) in [5, 5.41) is 9.86. The summed E-state index contributed by atoms with van der Waals surface area (Å²) in [7, 11) is 0. The molecule has 0 amide bonds. The number of aryl methyl sites for hydroxylation is 1. The van der Waals surface area contributed by atoms with E-state index in [9.17, 15) is 5.11 Å². The van der Waals surface area contributed by atoms with E-state index < -0.39 is 0 Å². The van der Waals surface area contributed by atoms with Crippen molar-refractivity contribution < 1.29 is 5.11 Å². The van der Waals surface area contributed by atoms with Gasteiger partial charge in [-0.15, -0.1) is 0 Å². The Hall–Kier alpha value is -3.26. The van der Waals surface area contributed by atoms with Gasteiger partial charge in [0.2, 0.25) is 0 Å². The third-order valence-electron chi connectivity index (χ3n) is 6.41. The van der Waals surface area contributed by atoms with E-state index in [4.69, 9.17) is 0 Å². The quantitative estimate of drug-likeness (QED) is 0.396. The highest BCUT2D eigenvalue weighted by molar-refractivity contribution is 5.90. The Labute approximate surface area is 178 Å². The minimum absolute atomic E-state index is 0.294. The van der Waals surface area contributed by atoms with Crippen molar-refractivity contribution in [3.63, 3.8) is 0 Å². The maximum atomic E-state index is 9.86. The molecular formula is C28H27NO. The maximum Gasteiger partial charge on any atom is 0.115 e. The Morgan fingerprint density at radius 3 is 2.20 bits per heavy atom. The van der Waals surface area contributed by atoms with E-state index in [0.29, 0.717) is 11.7 Å². The lowest BCUT2D eigenvalue weighted by Gasteiger charge is -2.21. The topological polar surface area (TPSA) is 25.2 Å². The minimum Gasteiger partial charge on any atom is -0.508 e. The molecule has 1 heterocycles. The van der Waals surface area contributed by atoms with E-state index >= 15 is 0 Å². The zero-order valence-electron chi connectivity index (χ0n) is 17.8. The fraction of sp³-hybridized carbons (Fsp3) is 0.214. The van der Waals surface area contributed by atoms with Crippen molar-refractivity contribution in [3.8, 4) is 33.8 Å². The summed E-state index contributed by atoms with van der Waals surface area (Å²) in [6.07, 6.45) is 2.13. The van der Waals surface area contributed by atoms with Crippen molar-refractivity contribution >= 4 is 0 Å². The smallest absolute Gasteiger partial charge is 0.115 e. The molecule has 0 atom stereocenters. The molecule has 2 heteroatoms. The zero-order valence-corrected chi connectivity index (χ0v) is 17.8. The van der Waals surface area contributed by atoms with Crippen LogP contribution in [0.5, 0.6) is 5.75 Å². The molecule has 1 N–H and O–H groups in total. The summed E-state index contributed by atoms with van der Waals surface area (Å²) < 4.78 is 2.40. The second-order valence-electron chi connectivity index (χ2n) is 8.54. The normalized spacial score (nSPS) is 12.7. The molecule has 0 radical (unpaired) electrons. The Kier molecular flexibility index (Phi) is 4.51. The number of phenolic OH excluding ortho intramolecular Hbond substituents is 1. The van der Waals surface area contributed by atoms with Crippen molar-refractivity contribution in [2.75, 3.05) is 0 Å². The number of rotatable bonds is 3. The lowest BCUT2D eigenvalue weighted by Crippen LogP contribution is -2.03. The van der Waals surface area contributed by atoms with Crippen LogP contribution < -0.4 is 0 Å². The molecule has 5 rings (SSSR count). The van der Waals surface area contributed by atoms with Gasteiger partial charge in [0.25, 0.3) is 0 Å². The Morgan fingerprint density at radius 2 is 1.47 bits per heavy atom. The number of phenols is 1. The summed E-state index contributed by atoms with van der Waals surface area (Å²) in [5.74, 6) is 0.724. The molecule has 0 aliphatic heterocycles. The highest BCUT2D eigenvalue weighted by Crippen LogP contribution is 2.46. The Bertz CT molecular complexity index is 1230. The number of hydrogen-bond donors (Lipinski definition) is 1. The van der Waals surface area contributed by atoms with Gasteiger partial charge in [-0.3, -0.25) is 0 Å². The number of aromatic nitrogens is 1. The van der Waals surface area contributed by atoms with Crippen LogP contribution in [-0.4, -0.2) is 9.67 Å². The first-order chi connectivity index (χ1) is 14.6. The average Bonchev–Trinajstić information content (AvgIpc) is 3.07.